The molecule has 5 nitrogen and oxygen atoms in total. The Kier molecular flexibility index (Phi) is 10.1. The van der Waals surface area contributed by atoms with Crippen LogP contribution < -0.4 is 9.46 Å². The molecule has 1 unspecified atom stereocenters. The van der Waals surface area contributed by atoms with Gasteiger partial charge in [0.1, 0.15) is 12.4 Å². The van der Waals surface area contributed by atoms with Crippen molar-refractivity contribution < 1.29 is 13.2 Å². The second-order valence-corrected chi connectivity index (χ2v) is 9.96. The largest absolute Gasteiger partial charge is 0.492 e. The zero-order valence-corrected chi connectivity index (χ0v) is 19.5. The summed E-state index contributed by atoms with van der Waals surface area (Å²) < 4.78 is 32.2. The third kappa shape index (κ3) is 7.97. The number of benzene rings is 2. The fourth-order valence-corrected chi connectivity index (χ4v) is 3.44. The van der Waals surface area contributed by atoms with Gasteiger partial charge in [-0.2, -0.15) is 0 Å². The number of nitrogens with zero attached hydrogens (tertiary/aromatic N) is 1. The number of halogens is 1. The summed E-state index contributed by atoms with van der Waals surface area (Å²) in [6.45, 7) is 7.34. The van der Waals surface area contributed by atoms with Crippen molar-refractivity contribution >= 4 is 22.4 Å². The molecule has 0 aliphatic carbocycles. The van der Waals surface area contributed by atoms with E-state index in [1.165, 1.54) is 0 Å². The van der Waals surface area contributed by atoms with Crippen molar-refractivity contribution in [3.05, 3.63) is 54.1 Å². The molecule has 0 aliphatic rings. The van der Waals surface area contributed by atoms with Gasteiger partial charge in [0, 0.05) is 13.1 Å². The molecule has 1 N–H and O–H groups in total. The molecular weight excluding hydrogens is 408 g/mol. The fraction of sp³-hybridized carbons (Fsp3) is 0.455. The minimum atomic E-state index is -3.23. The first-order chi connectivity index (χ1) is 13.2. The molecule has 2 rings (SSSR count). The van der Waals surface area contributed by atoms with E-state index in [9.17, 15) is 8.42 Å². The van der Waals surface area contributed by atoms with Crippen molar-refractivity contribution in [3.63, 3.8) is 0 Å². The van der Waals surface area contributed by atoms with E-state index in [2.05, 4.69) is 46.0 Å². The lowest BCUT2D eigenvalue weighted by Crippen LogP contribution is -2.33. The summed E-state index contributed by atoms with van der Waals surface area (Å²) in [6.07, 6.45) is 0. The minimum Gasteiger partial charge on any atom is -0.492 e. The Morgan fingerprint density at radius 1 is 0.931 bits per heavy atom. The first kappa shape index (κ1) is 25.4. The van der Waals surface area contributed by atoms with Crippen LogP contribution in [0.1, 0.15) is 32.3 Å². The number of rotatable bonds is 10. The molecule has 162 valence electrons. The normalized spacial score (nSPS) is 12.7. The summed E-state index contributed by atoms with van der Waals surface area (Å²) in [5.74, 6) is 0.975. The highest BCUT2D eigenvalue weighted by Gasteiger charge is 2.17. The van der Waals surface area contributed by atoms with E-state index in [-0.39, 0.29) is 18.3 Å². The highest BCUT2D eigenvalue weighted by atomic mass is 35.5. The maximum Gasteiger partial charge on any atom is 0.213 e. The van der Waals surface area contributed by atoms with Crippen LogP contribution in [-0.2, 0) is 10.0 Å². The fourth-order valence-electron chi connectivity index (χ4n) is 2.62. The molecule has 0 amide bonds. The predicted octanol–water partition coefficient (Wildman–Crippen LogP) is 4.15. The van der Waals surface area contributed by atoms with E-state index in [1.807, 2.05) is 33.2 Å². The van der Waals surface area contributed by atoms with E-state index < -0.39 is 15.3 Å². The third-order valence-electron chi connectivity index (χ3n) is 4.69. The van der Waals surface area contributed by atoms with Gasteiger partial charge >= 0.3 is 0 Å². The lowest BCUT2D eigenvalue weighted by atomic mass is 9.98. The van der Waals surface area contributed by atoms with Crippen LogP contribution in [0.2, 0.25) is 0 Å². The Hall–Kier alpha value is -1.60. The van der Waals surface area contributed by atoms with E-state index in [1.54, 1.807) is 13.8 Å². The van der Waals surface area contributed by atoms with Crippen LogP contribution in [0.25, 0.3) is 11.1 Å². The standard InChI is InChI=1S/C22H32N2O3S.ClH/c1-17(2)28(25,26)23-16-18(3)19-6-8-20(9-7-19)21-10-12-22(13-11-21)27-15-14-24(4)5;/h6-13,17-18,23H,14-16H2,1-5H3;1H. The van der Waals surface area contributed by atoms with Gasteiger partial charge in [-0.15, -0.1) is 12.4 Å². The molecule has 2 aromatic rings. The van der Waals surface area contributed by atoms with Crippen LogP contribution in [0, 0.1) is 0 Å². The predicted molar refractivity (Wildman–Crippen MR) is 124 cm³/mol. The summed E-state index contributed by atoms with van der Waals surface area (Å²) >= 11 is 0. The Balaban J connectivity index is 0.00000420. The van der Waals surface area contributed by atoms with Gasteiger partial charge in [0.25, 0.3) is 0 Å². The number of sulfonamides is 1. The molecule has 0 saturated carbocycles. The average molecular weight is 441 g/mol. The molecule has 29 heavy (non-hydrogen) atoms. The Labute approximate surface area is 181 Å². The topological polar surface area (TPSA) is 58.6 Å². The average Bonchev–Trinajstić information content (AvgIpc) is 2.66. The smallest absolute Gasteiger partial charge is 0.213 e. The number of nitrogens with one attached hydrogen (secondary N) is 1. The molecule has 1 atom stereocenters. The van der Waals surface area contributed by atoms with E-state index in [0.29, 0.717) is 13.2 Å². The Bertz CT molecular complexity index is 835. The van der Waals surface area contributed by atoms with E-state index in [0.717, 1.165) is 29.0 Å². The van der Waals surface area contributed by atoms with Crippen LogP contribution in [0.15, 0.2) is 48.5 Å². The van der Waals surface area contributed by atoms with Gasteiger partial charge in [-0.05, 0) is 62.7 Å². The summed E-state index contributed by atoms with van der Waals surface area (Å²) in [6, 6.07) is 16.4. The summed E-state index contributed by atoms with van der Waals surface area (Å²) in [4.78, 5) is 2.09. The first-order valence-electron chi connectivity index (χ1n) is 9.65. The molecule has 0 bridgehead atoms. The van der Waals surface area contributed by atoms with Crippen LogP contribution in [0.4, 0.5) is 0 Å². The molecule has 7 heteroatoms. The quantitative estimate of drug-likeness (QED) is 0.603. The maximum atomic E-state index is 11.9. The van der Waals surface area contributed by atoms with Crippen molar-refractivity contribution in [3.8, 4) is 16.9 Å². The Morgan fingerprint density at radius 3 is 1.93 bits per heavy atom. The van der Waals surface area contributed by atoms with Gasteiger partial charge in [-0.1, -0.05) is 43.3 Å². The molecular formula is C22H33ClN2O3S. The lowest BCUT2D eigenvalue weighted by molar-refractivity contribution is 0.261. The third-order valence-corrected chi connectivity index (χ3v) is 6.50. The summed E-state index contributed by atoms with van der Waals surface area (Å²) in [5.41, 5.74) is 3.36. The summed E-state index contributed by atoms with van der Waals surface area (Å²) in [7, 11) is 0.816. The van der Waals surface area contributed by atoms with Gasteiger partial charge < -0.3 is 9.64 Å². The van der Waals surface area contributed by atoms with Gasteiger partial charge in [0.2, 0.25) is 10.0 Å². The molecule has 0 heterocycles. The minimum absolute atomic E-state index is 0. The summed E-state index contributed by atoms with van der Waals surface area (Å²) in [5, 5.41) is -0.420. The first-order valence-corrected chi connectivity index (χ1v) is 11.2. The zero-order chi connectivity index (χ0) is 20.7. The van der Waals surface area contributed by atoms with E-state index in [4.69, 9.17) is 4.74 Å². The van der Waals surface area contributed by atoms with Gasteiger partial charge in [-0.25, -0.2) is 13.1 Å². The lowest BCUT2D eigenvalue weighted by Gasteiger charge is -2.15. The molecule has 0 saturated heterocycles. The van der Waals surface area contributed by atoms with Crippen molar-refractivity contribution in [2.24, 2.45) is 0 Å². The second kappa shape index (κ2) is 11.6. The van der Waals surface area contributed by atoms with Crippen molar-refractivity contribution in [1.82, 2.24) is 9.62 Å². The number of hydrogen-bond acceptors (Lipinski definition) is 4. The molecule has 0 spiro atoms. The van der Waals surface area contributed by atoms with Gasteiger partial charge in [0.15, 0.2) is 0 Å². The number of ether oxygens (including phenoxy) is 1. The molecule has 0 radical (unpaired) electrons. The van der Waals surface area contributed by atoms with Crippen LogP contribution in [-0.4, -0.2) is 52.4 Å². The Morgan fingerprint density at radius 2 is 1.45 bits per heavy atom. The molecule has 0 aromatic heterocycles. The highest BCUT2D eigenvalue weighted by molar-refractivity contribution is 7.90. The molecule has 0 fully saturated rings. The van der Waals surface area contributed by atoms with Gasteiger partial charge in [0.05, 0.1) is 5.25 Å². The zero-order valence-electron chi connectivity index (χ0n) is 17.9. The second-order valence-electron chi connectivity index (χ2n) is 7.64. The van der Waals surface area contributed by atoms with Crippen LogP contribution in [0.3, 0.4) is 0 Å². The maximum absolute atomic E-state index is 11.9. The SMILES string of the molecule is CC(CNS(=O)(=O)C(C)C)c1ccc(-c2ccc(OCCN(C)C)cc2)cc1.Cl. The number of likely N-dealkylation sites (N-methyl/N-ethyl adjacent to an activating group) is 1. The van der Waals surface area contributed by atoms with Crippen molar-refractivity contribution in [2.75, 3.05) is 33.8 Å². The van der Waals surface area contributed by atoms with Gasteiger partial charge in [-0.3, -0.25) is 0 Å². The van der Waals surface area contributed by atoms with Crippen molar-refractivity contribution in [1.29, 1.82) is 0 Å². The van der Waals surface area contributed by atoms with Crippen LogP contribution >= 0.6 is 12.4 Å². The monoisotopic (exact) mass is 440 g/mol. The highest BCUT2D eigenvalue weighted by Crippen LogP contribution is 2.25. The molecule has 0 aliphatic heterocycles. The molecule has 2 aromatic carbocycles. The van der Waals surface area contributed by atoms with Crippen molar-refractivity contribution in [2.45, 2.75) is 31.9 Å². The van der Waals surface area contributed by atoms with Crippen LogP contribution in [0.5, 0.6) is 5.75 Å². The van der Waals surface area contributed by atoms with E-state index >= 15 is 0 Å². The number of hydrogen-bond donors (Lipinski definition) is 1.